The van der Waals surface area contributed by atoms with E-state index in [0.29, 0.717) is 0 Å². The van der Waals surface area contributed by atoms with Gasteiger partial charge in [-0.25, -0.2) is 4.79 Å². The Balaban J connectivity index is 2.21. The van der Waals surface area contributed by atoms with Crippen LogP contribution in [0.5, 0.6) is 0 Å². The SMILES string of the molecule is COC(=O)C1(C(C)C)OC12CCCCC2. The van der Waals surface area contributed by atoms with Crippen LogP contribution in [0.15, 0.2) is 0 Å². The van der Waals surface area contributed by atoms with Crippen LogP contribution < -0.4 is 0 Å². The summed E-state index contributed by atoms with van der Waals surface area (Å²) < 4.78 is 10.8. The average molecular weight is 212 g/mol. The maximum atomic E-state index is 11.9. The summed E-state index contributed by atoms with van der Waals surface area (Å²) in [5.74, 6) is 0.0162. The van der Waals surface area contributed by atoms with Crippen molar-refractivity contribution in [2.75, 3.05) is 7.11 Å². The highest BCUT2D eigenvalue weighted by Crippen LogP contribution is 2.60. The Morgan fingerprint density at radius 1 is 1.27 bits per heavy atom. The van der Waals surface area contributed by atoms with Gasteiger partial charge in [0.25, 0.3) is 0 Å². The monoisotopic (exact) mass is 212 g/mol. The van der Waals surface area contributed by atoms with Crippen molar-refractivity contribution in [3.63, 3.8) is 0 Å². The van der Waals surface area contributed by atoms with Crippen LogP contribution in [-0.2, 0) is 14.3 Å². The van der Waals surface area contributed by atoms with Gasteiger partial charge in [0, 0.05) is 0 Å². The normalized spacial score (nSPS) is 33.1. The van der Waals surface area contributed by atoms with E-state index in [2.05, 4.69) is 0 Å². The molecular formula is C12H20O3. The Bertz CT molecular complexity index is 266. The first kappa shape index (κ1) is 10.9. The maximum Gasteiger partial charge on any atom is 0.341 e. The lowest BCUT2D eigenvalue weighted by molar-refractivity contribution is -0.148. The van der Waals surface area contributed by atoms with E-state index in [1.165, 1.54) is 26.4 Å². The zero-order valence-corrected chi connectivity index (χ0v) is 9.84. The molecule has 0 bridgehead atoms. The standard InChI is InChI=1S/C12H20O3/c1-9(2)12(10(13)14-3)11(15-12)7-5-4-6-8-11/h9H,4-8H2,1-3H3. The van der Waals surface area contributed by atoms with E-state index in [0.717, 1.165) is 12.8 Å². The summed E-state index contributed by atoms with van der Waals surface area (Å²) in [5, 5.41) is 0. The molecule has 0 amide bonds. The van der Waals surface area contributed by atoms with Crippen molar-refractivity contribution >= 4 is 5.97 Å². The van der Waals surface area contributed by atoms with Gasteiger partial charge in [-0.3, -0.25) is 0 Å². The molecule has 2 fully saturated rings. The first-order valence-corrected chi connectivity index (χ1v) is 5.88. The van der Waals surface area contributed by atoms with Gasteiger partial charge in [-0.05, 0) is 18.8 Å². The second-order valence-corrected chi connectivity index (χ2v) is 5.04. The lowest BCUT2D eigenvalue weighted by Crippen LogP contribution is -2.40. The number of rotatable bonds is 2. The molecule has 1 saturated heterocycles. The van der Waals surface area contributed by atoms with Gasteiger partial charge >= 0.3 is 5.97 Å². The van der Waals surface area contributed by atoms with E-state index in [1.807, 2.05) is 13.8 Å². The summed E-state index contributed by atoms with van der Waals surface area (Å²) in [6.45, 7) is 4.08. The zero-order valence-electron chi connectivity index (χ0n) is 9.84. The number of methoxy groups -OCH3 is 1. The fourth-order valence-corrected chi connectivity index (χ4v) is 3.14. The van der Waals surface area contributed by atoms with Crippen LogP contribution in [0, 0.1) is 5.92 Å². The number of hydrogen-bond donors (Lipinski definition) is 0. The van der Waals surface area contributed by atoms with Crippen molar-refractivity contribution in [1.29, 1.82) is 0 Å². The van der Waals surface area contributed by atoms with Crippen LogP contribution in [0.2, 0.25) is 0 Å². The number of carbonyl (C=O) groups is 1. The second kappa shape index (κ2) is 3.48. The maximum absolute atomic E-state index is 11.9. The molecule has 1 spiro atoms. The van der Waals surface area contributed by atoms with Crippen molar-refractivity contribution in [2.45, 2.75) is 57.2 Å². The smallest absolute Gasteiger partial charge is 0.341 e. The Hall–Kier alpha value is -0.570. The Morgan fingerprint density at radius 2 is 1.87 bits per heavy atom. The molecule has 1 saturated carbocycles. The van der Waals surface area contributed by atoms with E-state index < -0.39 is 5.60 Å². The lowest BCUT2D eigenvalue weighted by Gasteiger charge is -2.24. The molecule has 0 radical (unpaired) electrons. The fraction of sp³-hybridized carbons (Fsp3) is 0.917. The van der Waals surface area contributed by atoms with Crippen molar-refractivity contribution in [3.05, 3.63) is 0 Å². The number of epoxide rings is 1. The first-order chi connectivity index (χ1) is 7.09. The van der Waals surface area contributed by atoms with Crippen LogP contribution in [0.25, 0.3) is 0 Å². The van der Waals surface area contributed by atoms with Crippen LogP contribution >= 0.6 is 0 Å². The molecule has 2 aliphatic rings. The minimum absolute atomic E-state index is 0.181. The van der Waals surface area contributed by atoms with Gasteiger partial charge in [0.05, 0.1) is 7.11 Å². The molecule has 86 valence electrons. The van der Waals surface area contributed by atoms with Gasteiger partial charge in [-0.15, -0.1) is 0 Å². The predicted octanol–water partition coefficient (Wildman–Crippen LogP) is 2.29. The van der Waals surface area contributed by atoms with Gasteiger partial charge in [0.1, 0.15) is 5.60 Å². The summed E-state index contributed by atoms with van der Waals surface area (Å²) in [4.78, 5) is 11.9. The van der Waals surface area contributed by atoms with E-state index in [9.17, 15) is 4.79 Å². The molecule has 0 aromatic rings. The summed E-state index contributed by atoms with van der Waals surface area (Å²) >= 11 is 0. The van der Waals surface area contributed by atoms with E-state index in [-0.39, 0.29) is 17.5 Å². The molecule has 3 nitrogen and oxygen atoms in total. The molecule has 1 unspecified atom stereocenters. The third kappa shape index (κ3) is 1.32. The van der Waals surface area contributed by atoms with Crippen molar-refractivity contribution in [2.24, 2.45) is 5.92 Å². The fourth-order valence-electron chi connectivity index (χ4n) is 3.14. The van der Waals surface area contributed by atoms with E-state index in [1.54, 1.807) is 0 Å². The van der Waals surface area contributed by atoms with Crippen LogP contribution in [-0.4, -0.2) is 24.3 Å². The van der Waals surface area contributed by atoms with Crippen LogP contribution in [0.4, 0.5) is 0 Å². The summed E-state index contributed by atoms with van der Waals surface area (Å²) in [7, 11) is 1.45. The van der Waals surface area contributed by atoms with Crippen LogP contribution in [0.1, 0.15) is 46.0 Å². The minimum Gasteiger partial charge on any atom is -0.467 e. The molecule has 15 heavy (non-hydrogen) atoms. The summed E-state index contributed by atoms with van der Waals surface area (Å²) in [5.41, 5.74) is -0.825. The minimum atomic E-state index is -0.637. The summed E-state index contributed by atoms with van der Waals surface area (Å²) in [6.07, 6.45) is 5.64. The largest absolute Gasteiger partial charge is 0.467 e. The molecule has 2 rings (SSSR count). The average Bonchev–Trinajstić information content (AvgIpc) is 2.88. The number of esters is 1. The van der Waals surface area contributed by atoms with Gasteiger partial charge < -0.3 is 9.47 Å². The summed E-state index contributed by atoms with van der Waals surface area (Å²) in [6, 6.07) is 0. The highest BCUT2D eigenvalue weighted by molar-refractivity contribution is 5.85. The highest BCUT2D eigenvalue weighted by atomic mass is 16.7. The quantitative estimate of drug-likeness (QED) is 0.520. The Morgan fingerprint density at radius 3 is 2.33 bits per heavy atom. The molecule has 1 aliphatic carbocycles. The van der Waals surface area contributed by atoms with Gasteiger partial charge in [0.15, 0.2) is 5.60 Å². The zero-order chi connectivity index (χ0) is 11.1. The van der Waals surface area contributed by atoms with Crippen molar-refractivity contribution < 1.29 is 14.3 Å². The molecule has 0 aromatic heterocycles. The van der Waals surface area contributed by atoms with Gasteiger partial charge in [0.2, 0.25) is 0 Å². The van der Waals surface area contributed by atoms with Crippen LogP contribution in [0.3, 0.4) is 0 Å². The molecule has 1 aliphatic heterocycles. The third-order valence-corrected chi connectivity index (χ3v) is 3.95. The van der Waals surface area contributed by atoms with E-state index >= 15 is 0 Å². The molecule has 3 heteroatoms. The van der Waals surface area contributed by atoms with Crippen molar-refractivity contribution in [1.82, 2.24) is 0 Å². The number of carbonyl (C=O) groups excluding carboxylic acids is 1. The van der Waals surface area contributed by atoms with Gasteiger partial charge in [-0.1, -0.05) is 33.1 Å². The lowest BCUT2D eigenvalue weighted by atomic mass is 9.75. The number of hydrogen-bond acceptors (Lipinski definition) is 3. The van der Waals surface area contributed by atoms with Gasteiger partial charge in [-0.2, -0.15) is 0 Å². The topological polar surface area (TPSA) is 38.8 Å². The molecule has 1 heterocycles. The molecule has 0 aromatic carbocycles. The first-order valence-electron chi connectivity index (χ1n) is 5.88. The van der Waals surface area contributed by atoms with E-state index in [4.69, 9.17) is 9.47 Å². The predicted molar refractivity (Wildman–Crippen MR) is 56.5 cm³/mol. The second-order valence-electron chi connectivity index (χ2n) is 5.04. The van der Waals surface area contributed by atoms with Crippen molar-refractivity contribution in [3.8, 4) is 0 Å². The highest BCUT2D eigenvalue weighted by Gasteiger charge is 2.76. The number of ether oxygens (including phenoxy) is 2. The molecule has 1 atom stereocenters. The molecular weight excluding hydrogens is 192 g/mol. The molecule has 0 N–H and O–H groups in total. The Kier molecular flexibility index (Phi) is 2.53. The third-order valence-electron chi connectivity index (χ3n) is 3.95. The Labute approximate surface area is 91.1 Å².